The van der Waals surface area contributed by atoms with Crippen LogP contribution in [0.4, 0.5) is 0 Å². The summed E-state index contributed by atoms with van der Waals surface area (Å²) in [7, 11) is -4.09. The zero-order valence-corrected chi connectivity index (χ0v) is 17.3. The lowest BCUT2D eigenvalue weighted by molar-refractivity contribution is -0.122. The number of carbonyl (C=O) groups is 1. The fourth-order valence-corrected chi connectivity index (χ4v) is 5.42. The fourth-order valence-electron chi connectivity index (χ4n) is 1.95. The zero-order valence-electron chi connectivity index (χ0n) is 13.3. The molecule has 12 heteroatoms. The van der Waals surface area contributed by atoms with Crippen LogP contribution in [-0.2, 0) is 14.9 Å². The van der Waals surface area contributed by atoms with Gasteiger partial charge in [0.25, 0.3) is 16.0 Å². The van der Waals surface area contributed by atoms with E-state index in [0.717, 1.165) is 4.38 Å². The van der Waals surface area contributed by atoms with Crippen LogP contribution in [0.15, 0.2) is 15.0 Å². The van der Waals surface area contributed by atoms with Crippen LogP contribution in [-0.4, -0.2) is 62.1 Å². The summed E-state index contributed by atoms with van der Waals surface area (Å²) in [6.07, 6.45) is 2.08. The molecule has 0 bridgehead atoms. The molecule has 1 amide bonds. The van der Waals surface area contributed by atoms with Crippen molar-refractivity contribution in [2.24, 2.45) is 5.10 Å². The number of thiocarbonyl (C=S) groups is 1. The number of hydrazone groups is 1. The summed E-state index contributed by atoms with van der Waals surface area (Å²) in [5.74, 6) is -0.152. The molecule has 24 heavy (non-hydrogen) atoms. The summed E-state index contributed by atoms with van der Waals surface area (Å²) < 4.78 is 32.7. The highest BCUT2D eigenvalue weighted by Gasteiger charge is 2.37. The first-order valence-electron chi connectivity index (χ1n) is 7.01. The molecule has 134 valence electrons. The third kappa shape index (κ3) is 4.28. The summed E-state index contributed by atoms with van der Waals surface area (Å²) in [5.41, 5.74) is 0. The van der Waals surface area contributed by atoms with E-state index in [0.29, 0.717) is 20.8 Å². The minimum atomic E-state index is -4.09. The van der Waals surface area contributed by atoms with Gasteiger partial charge in [-0.05, 0) is 38.3 Å². The Kier molecular flexibility index (Phi) is 6.65. The van der Waals surface area contributed by atoms with Crippen molar-refractivity contribution in [2.45, 2.75) is 25.5 Å². The molecule has 0 radical (unpaired) electrons. The Labute approximate surface area is 159 Å². The SMILES string of the molecule is CCN1C(=O)C(=C2SC(SC)=NN2CCC(C)S(=O)(=O)O)SC1=S. The molecule has 0 spiro atoms. The van der Waals surface area contributed by atoms with E-state index in [1.807, 2.05) is 13.2 Å². The second-order valence-corrected chi connectivity index (χ2v) is 10.5. The molecule has 0 aromatic heterocycles. The van der Waals surface area contributed by atoms with Gasteiger partial charge in [-0.3, -0.25) is 19.3 Å². The molecule has 2 heterocycles. The van der Waals surface area contributed by atoms with E-state index >= 15 is 0 Å². The van der Waals surface area contributed by atoms with Crippen molar-refractivity contribution in [1.82, 2.24) is 9.91 Å². The van der Waals surface area contributed by atoms with Crippen LogP contribution in [0.25, 0.3) is 0 Å². The van der Waals surface area contributed by atoms with E-state index in [1.165, 1.54) is 47.1 Å². The number of nitrogens with zero attached hydrogens (tertiary/aromatic N) is 3. The van der Waals surface area contributed by atoms with Gasteiger partial charge in [0.1, 0.15) is 14.3 Å². The smallest absolute Gasteiger partial charge is 0.268 e. The lowest BCUT2D eigenvalue weighted by Gasteiger charge is -2.18. The predicted octanol–water partition coefficient (Wildman–Crippen LogP) is 2.38. The van der Waals surface area contributed by atoms with Crippen LogP contribution >= 0.6 is 47.5 Å². The highest BCUT2D eigenvalue weighted by atomic mass is 32.2. The zero-order chi connectivity index (χ0) is 18.1. The number of thioether (sulfide) groups is 3. The van der Waals surface area contributed by atoms with Crippen molar-refractivity contribution >= 4 is 72.2 Å². The first-order chi connectivity index (χ1) is 11.2. The number of amides is 1. The van der Waals surface area contributed by atoms with Gasteiger partial charge in [-0.2, -0.15) is 13.5 Å². The Morgan fingerprint density at radius 1 is 1.42 bits per heavy atom. The second-order valence-electron chi connectivity index (χ2n) is 4.96. The summed E-state index contributed by atoms with van der Waals surface area (Å²) >= 11 is 9.29. The molecule has 2 rings (SSSR count). The van der Waals surface area contributed by atoms with Crippen LogP contribution < -0.4 is 0 Å². The maximum atomic E-state index is 12.5. The maximum Gasteiger partial charge on any atom is 0.268 e. The molecule has 0 aromatic carbocycles. The Hall–Kier alpha value is -0.270. The van der Waals surface area contributed by atoms with Gasteiger partial charge in [0.05, 0.1) is 5.25 Å². The van der Waals surface area contributed by atoms with Gasteiger partial charge >= 0.3 is 0 Å². The van der Waals surface area contributed by atoms with E-state index in [1.54, 1.807) is 5.01 Å². The summed E-state index contributed by atoms with van der Waals surface area (Å²) in [6.45, 7) is 4.08. The molecule has 1 saturated heterocycles. The summed E-state index contributed by atoms with van der Waals surface area (Å²) in [6, 6.07) is 0. The Morgan fingerprint density at radius 3 is 2.58 bits per heavy atom. The quantitative estimate of drug-likeness (QED) is 0.403. The topological polar surface area (TPSA) is 90.3 Å². The maximum absolute atomic E-state index is 12.5. The molecule has 1 fully saturated rings. The first kappa shape index (κ1) is 20.0. The summed E-state index contributed by atoms with van der Waals surface area (Å²) in [5, 5.41) is 5.80. The minimum absolute atomic E-state index is 0.152. The Bertz CT molecular complexity index is 718. The van der Waals surface area contributed by atoms with Crippen LogP contribution in [0.5, 0.6) is 0 Å². The highest BCUT2D eigenvalue weighted by molar-refractivity contribution is 8.40. The van der Waals surface area contributed by atoms with Crippen LogP contribution in [0.2, 0.25) is 0 Å². The standard InChI is InChI=1S/C12H17N3O4S5/c1-4-14-9(16)8(22-12(14)20)10-15(13-11(21-3)23-10)6-5-7(2)24(17,18)19/h7H,4-6H2,1-3H3,(H,17,18,19). The number of carbonyl (C=O) groups excluding carboxylic acids is 1. The molecule has 2 aliphatic rings. The molecule has 0 aromatic rings. The van der Waals surface area contributed by atoms with Gasteiger partial charge in [-0.25, -0.2) is 0 Å². The van der Waals surface area contributed by atoms with Crippen molar-refractivity contribution in [3.8, 4) is 0 Å². The van der Waals surface area contributed by atoms with Crippen molar-refractivity contribution in [3.05, 3.63) is 9.93 Å². The van der Waals surface area contributed by atoms with Gasteiger partial charge in [0, 0.05) is 13.1 Å². The molecule has 1 atom stereocenters. The fraction of sp³-hybridized carbons (Fsp3) is 0.583. The van der Waals surface area contributed by atoms with Crippen molar-refractivity contribution < 1.29 is 17.8 Å². The third-order valence-electron chi connectivity index (χ3n) is 3.41. The highest BCUT2D eigenvalue weighted by Crippen LogP contribution is 2.43. The monoisotopic (exact) mass is 427 g/mol. The van der Waals surface area contributed by atoms with E-state index in [4.69, 9.17) is 16.8 Å². The number of hydrogen-bond acceptors (Lipinski definition) is 9. The van der Waals surface area contributed by atoms with Crippen molar-refractivity contribution in [2.75, 3.05) is 19.3 Å². The first-order valence-corrected chi connectivity index (χ1v) is 11.8. The van der Waals surface area contributed by atoms with E-state index in [2.05, 4.69) is 5.10 Å². The lowest BCUT2D eigenvalue weighted by atomic mass is 10.3. The van der Waals surface area contributed by atoms with E-state index in [9.17, 15) is 13.2 Å². The van der Waals surface area contributed by atoms with Gasteiger partial charge in [0.15, 0.2) is 4.38 Å². The largest absolute Gasteiger partial charge is 0.293 e. The molecule has 0 aliphatic carbocycles. The van der Waals surface area contributed by atoms with Gasteiger partial charge in [-0.1, -0.05) is 24.0 Å². The van der Waals surface area contributed by atoms with E-state index in [-0.39, 0.29) is 18.9 Å². The molecule has 2 aliphatic heterocycles. The van der Waals surface area contributed by atoms with E-state index < -0.39 is 15.4 Å². The Balaban J connectivity index is 2.24. The van der Waals surface area contributed by atoms with Crippen molar-refractivity contribution in [1.29, 1.82) is 0 Å². The minimum Gasteiger partial charge on any atom is -0.293 e. The molecular formula is C12H17N3O4S5. The number of hydrogen-bond donors (Lipinski definition) is 1. The molecule has 0 saturated carbocycles. The number of rotatable bonds is 5. The van der Waals surface area contributed by atoms with Crippen LogP contribution in [0.3, 0.4) is 0 Å². The van der Waals surface area contributed by atoms with Gasteiger partial charge in [0.2, 0.25) is 0 Å². The molecular weight excluding hydrogens is 410 g/mol. The van der Waals surface area contributed by atoms with Gasteiger partial charge in [-0.15, -0.1) is 11.8 Å². The second kappa shape index (κ2) is 7.96. The van der Waals surface area contributed by atoms with Gasteiger partial charge < -0.3 is 0 Å². The predicted molar refractivity (Wildman–Crippen MR) is 105 cm³/mol. The Morgan fingerprint density at radius 2 is 2.08 bits per heavy atom. The normalized spacial score (nSPS) is 23.2. The summed E-state index contributed by atoms with van der Waals surface area (Å²) in [4.78, 5) is 14.5. The molecule has 1 N–H and O–H groups in total. The van der Waals surface area contributed by atoms with Crippen LogP contribution in [0.1, 0.15) is 20.3 Å². The van der Waals surface area contributed by atoms with Crippen molar-refractivity contribution in [3.63, 3.8) is 0 Å². The average Bonchev–Trinajstić information content (AvgIpc) is 3.04. The lowest BCUT2D eigenvalue weighted by Crippen LogP contribution is -2.28. The third-order valence-corrected chi connectivity index (χ3v) is 8.28. The molecule has 1 unspecified atom stereocenters. The number of likely N-dealkylation sites (N-methyl/N-ethyl adjacent to an activating group) is 1. The molecule has 7 nitrogen and oxygen atoms in total. The average molecular weight is 428 g/mol. The van der Waals surface area contributed by atoms with Crippen LogP contribution in [0, 0.1) is 0 Å².